The lowest BCUT2D eigenvalue weighted by atomic mass is 9.93. The highest BCUT2D eigenvalue weighted by molar-refractivity contribution is 5.78. The average Bonchev–Trinajstić information content (AvgIpc) is 2.65. The van der Waals surface area contributed by atoms with Crippen LogP contribution in [0.1, 0.15) is 61.4 Å². The van der Waals surface area contributed by atoms with Crippen LogP contribution in [0, 0.1) is 31.1 Å². The number of carbonyl (C=O) groups excluding carboxylic acids is 1. The number of nitrogens with one attached hydrogen (secondary N) is 1. The SMILES string of the molecule is Cc1cc(C#N)cc(C)c1-c1cncc(C(CC(=O)O)NC(=O)CCC(C)C)c1. The van der Waals surface area contributed by atoms with Crippen LogP contribution < -0.4 is 5.32 Å². The van der Waals surface area contributed by atoms with E-state index < -0.39 is 12.0 Å². The number of aromatic nitrogens is 1. The molecule has 0 aliphatic heterocycles. The van der Waals surface area contributed by atoms with Crippen molar-refractivity contribution in [2.24, 2.45) is 5.92 Å². The fraction of sp³-hybridized carbons (Fsp3) is 0.391. The van der Waals surface area contributed by atoms with Gasteiger partial charge in [0.25, 0.3) is 0 Å². The van der Waals surface area contributed by atoms with Gasteiger partial charge < -0.3 is 10.4 Å². The summed E-state index contributed by atoms with van der Waals surface area (Å²) < 4.78 is 0. The van der Waals surface area contributed by atoms with Crippen molar-refractivity contribution in [1.82, 2.24) is 10.3 Å². The molecular formula is C23H27N3O3. The Balaban J connectivity index is 2.36. The first-order valence-corrected chi connectivity index (χ1v) is 9.69. The summed E-state index contributed by atoms with van der Waals surface area (Å²) in [6.45, 7) is 7.94. The number of rotatable bonds is 8. The zero-order chi connectivity index (χ0) is 21.6. The third kappa shape index (κ3) is 6.15. The molecule has 6 nitrogen and oxygen atoms in total. The van der Waals surface area contributed by atoms with Crippen molar-refractivity contribution in [2.45, 2.75) is 53.0 Å². The van der Waals surface area contributed by atoms with E-state index in [1.165, 1.54) is 0 Å². The molecule has 1 amide bonds. The van der Waals surface area contributed by atoms with Crippen LogP contribution in [0.4, 0.5) is 0 Å². The van der Waals surface area contributed by atoms with Gasteiger partial charge in [-0.05, 0) is 66.6 Å². The summed E-state index contributed by atoms with van der Waals surface area (Å²) in [5.74, 6) is -0.762. The third-order valence-electron chi connectivity index (χ3n) is 4.77. The molecule has 2 aromatic rings. The maximum atomic E-state index is 12.3. The Morgan fingerprint density at radius 2 is 1.83 bits per heavy atom. The lowest BCUT2D eigenvalue weighted by molar-refractivity contribution is -0.137. The third-order valence-corrected chi connectivity index (χ3v) is 4.77. The molecule has 0 spiro atoms. The number of nitriles is 1. The van der Waals surface area contributed by atoms with Crippen LogP contribution in [0.5, 0.6) is 0 Å². The van der Waals surface area contributed by atoms with Crippen LogP contribution in [0.25, 0.3) is 11.1 Å². The summed E-state index contributed by atoms with van der Waals surface area (Å²) in [5, 5.41) is 21.3. The summed E-state index contributed by atoms with van der Waals surface area (Å²) >= 11 is 0. The molecular weight excluding hydrogens is 366 g/mol. The number of nitrogens with zero attached hydrogens (tertiary/aromatic N) is 2. The normalized spacial score (nSPS) is 11.7. The molecule has 0 bridgehead atoms. The number of hydrogen-bond donors (Lipinski definition) is 2. The molecule has 1 heterocycles. The highest BCUT2D eigenvalue weighted by atomic mass is 16.4. The van der Waals surface area contributed by atoms with E-state index in [0.29, 0.717) is 23.5 Å². The molecule has 0 aliphatic rings. The zero-order valence-electron chi connectivity index (χ0n) is 17.3. The summed E-state index contributed by atoms with van der Waals surface area (Å²) in [4.78, 5) is 27.9. The number of carboxylic acid groups (broad SMARTS) is 1. The molecule has 0 radical (unpaired) electrons. The van der Waals surface area contributed by atoms with Gasteiger partial charge in [0, 0.05) is 24.4 Å². The average molecular weight is 393 g/mol. The molecule has 6 heteroatoms. The molecule has 0 saturated carbocycles. The van der Waals surface area contributed by atoms with Gasteiger partial charge in [-0.25, -0.2) is 0 Å². The minimum absolute atomic E-state index is 0.166. The van der Waals surface area contributed by atoms with Gasteiger partial charge in [-0.15, -0.1) is 0 Å². The Bertz CT molecular complexity index is 922. The molecule has 1 unspecified atom stereocenters. The van der Waals surface area contributed by atoms with Crippen LogP contribution in [0.3, 0.4) is 0 Å². The van der Waals surface area contributed by atoms with E-state index in [9.17, 15) is 14.7 Å². The number of amides is 1. The quantitative estimate of drug-likeness (QED) is 0.696. The van der Waals surface area contributed by atoms with Crippen LogP contribution in [-0.2, 0) is 9.59 Å². The molecule has 152 valence electrons. The van der Waals surface area contributed by atoms with Gasteiger partial charge in [-0.3, -0.25) is 14.6 Å². The van der Waals surface area contributed by atoms with Gasteiger partial charge in [0.15, 0.2) is 0 Å². The highest BCUT2D eigenvalue weighted by Gasteiger charge is 2.20. The van der Waals surface area contributed by atoms with Gasteiger partial charge in [0.2, 0.25) is 5.91 Å². The summed E-state index contributed by atoms with van der Waals surface area (Å²) in [6, 6.07) is 7.00. The van der Waals surface area contributed by atoms with E-state index in [4.69, 9.17) is 5.26 Å². The molecule has 2 rings (SSSR count). The summed E-state index contributed by atoms with van der Waals surface area (Å²) in [7, 11) is 0. The largest absolute Gasteiger partial charge is 0.481 e. The molecule has 1 atom stereocenters. The maximum Gasteiger partial charge on any atom is 0.305 e. The second-order valence-electron chi connectivity index (χ2n) is 7.75. The van der Waals surface area contributed by atoms with E-state index in [0.717, 1.165) is 28.7 Å². The first-order chi connectivity index (χ1) is 13.7. The predicted octanol–water partition coefficient (Wildman–Crippen LogP) is 4.31. The van der Waals surface area contributed by atoms with E-state index >= 15 is 0 Å². The standard InChI is InChI=1S/C23H27N3O3/c1-14(2)5-6-21(27)26-20(10-22(28)29)18-9-19(13-25-12-18)23-15(3)7-17(11-24)8-16(23)4/h7-9,12-14,20H,5-6,10H2,1-4H3,(H,26,27)(H,28,29). The first kappa shape index (κ1) is 22.1. The van der Waals surface area contributed by atoms with Crippen LogP contribution in [-0.4, -0.2) is 22.0 Å². The summed E-state index contributed by atoms with van der Waals surface area (Å²) in [5.41, 5.74) is 4.90. The molecule has 0 saturated heterocycles. The molecule has 0 aliphatic carbocycles. The molecule has 2 N–H and O–H groups in total. The fourth-order valence-corrected chi connectivity index (χ4v) is 3.38. The van der Waals surface area contributed by atoms with Crippen LogP contribution in [0.15, 0.2) is 30.6 Å². The predicted molar refractivity (Wildman–Crippen MR) is 111 cm³/mol. The Labute approximate surface area is 171 Å². The zero-order valence-corrected chi connectivity index (χ0v) is 17.3. The van der Waals surface area contributed by atoms with Gasteiger partial charge in [0.05, 0.1) is 24.1 Å². The lowest BCUT2D eigenvalue weighted by Crippen LogP contribution is -2.30. The number of carboxylic acids is 1. The van der Waals surface area contributed by atoms with Crippen molar-refractivity contribution in [3.63, 3.8) is 0 Å². The monoisotopic (exact) mass is 393 g/mol. The Morgan fingerprint density at radius 1 is 1.17 bits per heavy atom. The van der Waals surface area contributed by atoms with E-state index in [2.05, 4.69) is 16.4 Å². The number of carbonyl (C=O) groups is 2. The minimum atomic E-state index is -0.990. The summed E-state index contributed by atoms with van der Waals surface area (Å²) in [6.07, 6.45) is 4.18. The van der Waals surface area contributed by atoms with E-state index in [1.54, 1.807) is 12.4 Å². The van der Waals surface area contributed by atoms with Crippen LogP contribution >= 0.6 is 0 Å². The minimum Gasteiger partial charge on any atom is -0.481 e. The number of pyridine rings is 1. The molecule has 0 fully saturated rings. The molecule has 1 aromatic heterocycles. The van der Waals surface area contributed by atoms with Crippen molar-refractivity contribution in [3.05, 3.63) is 52.8 Å². The van der Waals surface area contributed by atoms with Crippen molar-refractivity contribution in [1.29, 1.82) is 5.26 Å². The highest BCUT2D eigenvalue weighted by Crippen LogP contribution is 2.30. The van der Waals surface area contributed by atoms with Crippen LogP contribution in [0.2, 0.25) is 0 Å². The van der Waals surface area contributed by atoms with Crippen molar-refractivity contribution in [3.8, 4) is 17.2 Å². The first-order valence-electron chi connectivity index (χ1n) is 9.69. The number of benzene rings is 1. The Kier molecular flexibility index (Phi) is 7.49. The maximum absolute atomic E-state index is 12.3. The van der Waals surface area contributed by atoms with E-state index in [-0.39, 0.29) is 12.3 Å². The fourth-order valence-electron chi connectivity index (χ4n) is 3.38. The van der Waals surface area contributed by atoms with Gasteiger partial charge in [-0.1, -0.05) is 13.8 Å². The van der Waals surface area contributed by atoms with Crippen molar-refractivity contribution < 1.29 is 14.7 Å². The Morgan fingerprint density at radius 3 is 2.38 bits per heavy atom. The second kappa shape index (κ2) is 9.83. The molecule has 29 heavy (non-hydrogen) atoms. The van der Waals surface area contributed by atoms with Gasteiger partial charge >= 0.3 is 5.97 Å². The van der Waals surface area contributed by atoms with Gasteiger partial charge in [0.1, 0.15) is 0 Å². The smallest absolute Gasteiger partial charge is 0.305 e. The van der Waals surface area contributed by atoms with E-state index in [1.807, 2.05) is 45.9 Å². The topological polar surface area (TPSA) is 103 Å². The number of hydrogen-bond acceptors (Lipinski definition) is 4. The second-order valence-corrected chi connectivity index (χ2v) is 7.75. The van der Waals surface area contributed by atoms with Crippen molar-refractivity contribution >= 4 is 11.9 Å². The number of aryl methyl sites for hydroxylation is 2. The lowest BCUT2D eigenvalue weighted by Gasteiger charge is -2.19. The number of aliphatic carboxylic acids is 1. The Hall–Kier alpha value is -3.20. The van der Waals surface area contributed by atoms with Crippen molar-refractivity contribution in [2.75, 3.05) is 0 Å². The molecule has 1 aromatic carbocycles. The van der Waals surface area contributed by atoms with Gasteiger partial charge in [-0.2, -0.15) is 5.26 Å².